The Morgan fingerprint density at radius 3 is 2.35 bits per heavy atom. The van der Waals surface area contributed by atoms with Gasteiger partial charge in [-0.25, -0.2) is 17.8 Å². The number of pyridine rings is 1. The van der Waals surface area contributed by atoms with Gasteiger partial charge >= 0.3 is 6.36 Å². The van der Waals surface area contributed by atoms with E-state index in [9.17, 15) is 26.0 Å². The summed E-state index contributed by atoms with van der Waals surface area (Å²) in [5.74, 6) is -4.78. The van der Waals surface area contributed by atoms with E-state index in [4.69, 9.17) is 15.8 Å². The number of ether oxygens (including phenoxy) is 1. The molecule has 0 saturated carbocycles. The smallest absolute Gasteiger partial charge is 0.502 e. The minimum atomic E-state index is -5.23. The number of aromatic nitrogens is 1. The first-order valence-corrected chi connectivity index (χ1v) is 5.91. The van der Waals surface area contributed by atoms with E-state index < -0.39 is 37.8 Å². The minimum absolute atomic E-state index is 0.121. The van der Waals surface area contributed by atoms with Gasteiger partial charge < -0.3 is 9.84 Å². The van der Waals surface area contributed by atoms with Crippen LogP contribution in [0.5, 0.6) is 11.6 Å². The van der Waals surface area contributed by atoms with Gasteiger partial charge in [0.2, 0.25) is 5.75 Å². The molecule has 0 saturated heterocycles. The van der Waals surface area contributed by atoms with Crippen molar-refractivity contribution >= 4 is 19.7 Å². The standard InChI is InChI=1S/C6H2ClF4NO4S/c7-17(14,15)4-2(8)1-12-5(3(4)13)16-6(9,10)11/h1,13H. The number of halogens is 5. The lowest BCUT2D eigenvalue weighted by Crippen LogP contribution is -2.18. The lowest BCUT2D eigenvalue weighted by Gasteiger charge is -2.10. The molecule has 0 atom stereocenters. The van der Waals surface area contributed by atoms with E-state index in [1.165, 1.54) is 0 Å². The predicted molar refractivity (Wildman–Crippen MR) is 45.6 cm³/mol. The Bertz CT molecular complexity index is 544. The zero-order valence-corrected chi connectivity index (χ0v) is 9.07. The van der Waals surface area contributed by atoms with Crippen molar-refractivity contribution in [2.45, 2.75) is 11.3 Å². The summed E-state index contributed by atoms with van der Waals surface area (Å²) in [6, 6.07) is 0. The maximum absolute atomic E-state index is 12.9. The van der Waals surface area contributed by atoms with Crippen molar-refractivity contribution in [1.82, 2.24) is 4.98 Å². The molecule has 0 aliphatic carbocycles. The van der Waals surface area contributed by atoms with Crippen LogP contribution in [0.25, 0.3) is 0 Å². The number of aromatic hydroxyl groups is 1. The Labute approximate surface area is 96.0 Å². The van der Waals surface area contributed by atoms with Gasteiger partial charge in [-0.05, 0) is 0 Å². The van der Waals surface area contributed by atoms with E-state index in [2.05, 4.69) is 9.72 Å². The average Bonchev–Trinajstić information content (AvgIpc) is 2.06. The highest BCUT2D eigenvalue weighted by molar-refractivity contribution is 8.13. The van der Waals surface area contributed by atoms with Gasteiger partial charge in [0.25, 0.3) is 14.9 Å². The zero-order valence-electron chi connectivity index (χ0n) is 7.49. The summed E-state index contributed by atoms with van der Waals surface area (Å²) in [5, 5.41) is 9.08. The lowest BCUT2D eigenvalue weighted by atomic mass is 10.4. The summed E-state index contributed by atoms with van der Waals surface area (Å²) < 4.78 is 73.1. The second kappa shape index (κ2) is 4.18. The summed E-state index contributed by atoms with van der Waals surface area (Å²) in [6.45, 7) is 0. The fourth-order valence-corrected chi connectivity index (χ4v) is 1.91. The monoisotopic (exact) mass is 295 g/mol. The molecule has 1 rings (SSSR count). The fraction of sp³-hybridized carbons (Fsp3) is 0.167. The Morgan fingerprint density at radius 1 is 1.41 bits per heavy atom. The Kier molecular flexibility index (Phi) is 3.39. The first-order valence-electron chi connectivity index (χ1n) is 3.60. The van der Waals surface area contributed by atoms with Crippen LogP contribution < -0.4 is 4.74 Å². The normalized spacial score (nSPS) is 12.5. The highest BCUT2D eigenvalue weighted by Gasteiger charge is 2.35. The van der Waals surface area contributed by atoms with Gasteiger partial charge in [-0.1, -0.05) is 0 Å². The van der Waals surface area contributed by atoms with Crippen LogP contribution in [-0.2, 0) is 9.05 Å². The second-order valence-corrected chi connectivity index (χ2v) is 5.08. The van der Waals surface area contributed by atoms with E-state index in [-0.39, 0.29) is 6.20 Å². The Hall–Kier alpha value is -1.29. The third-order valence-corrected chi connectivity index (χ3v) is 2.72. The lowest BCUT2D eigenvalue weighted by molar-refractivity contribution is -0.276. The molecule has 5 nitrogen and oxygen atoms in total. The topological polar surface area (TPSA) is 76.5 Å². The summed E-state index contributed by atoms with van der Waals surface area (Å²) in [7, 11) is -0.0624. The number of alkyl halides is 3. The molecule has 0 spiro atoms. The highest BCUT2D eigenvalue weighted by Crippen LogP contribution is 2.37. The van der Waals surface area contributed by atoms with Crippen LogP contribution in [0.15, 0.2) is 11.1 Å². The molecular formula is C6H2ClF4NO4S. The van der Waals surface area contributed by atoms with E-state index in [0.717, 1.165) is 0 Å². The van der Waals surface area contributed by atoms with Crippen molar-refractivity contribution in [1.29, 1.82) is 0 Å². The average molecular weight is 296 g/mol. The van der Waals surface area contributed by atoms with E-state index in [1.807, 2.05) is 0 Å². The quantitative estimate of drug-likeness (QED) is 0.664. The molecule has 0 fully saturated rings. The maximum Gasteiger partial charge on any atom is 0.574 e. The van der Waals surface area contributed by atoms with Crippen LogP contribution >= 0.6 is 10.7 Å². The molecule has 0 radical (unpaired) electrons. The van der Waals surface area contributed by atoms with Crippen LogP contribution in [0.2, 0.25) is 0 Å². The van der Waals surface area contributed by atoms with E-state index >= 15 is 0 Å². The molecule has 0 amide bonds. The predicted octanol–water partition coefficient (Wildman–Crippen LogP) is 1.75. The molecule has 0 aliphatic rings. The fourth-order valence-electron chi connectivity index (χ4n) is 0.862. The van der Waals surface area contributed by atoms with Gasteiger partial charge in [0.15, 0.2) is 10.7 Å². The Morgan fingerprint density at radius 2 is 1.94 bits per heavy atom. The zero-order chi connectivity index (χ0) is 13.4. The highest BCUT2D eigenvalue weighted by atomic mass is 35.7. The molecule has 0 aliphatic heterocycles. The van der Waals surface area contributed by atoms with Crippen molar-refractivity contribution in [2.75, 3.05) is 0 Å². The molecular weight excluding hydrogens is 294 g/mol. The molecule has 1 N–H and O–H groups in total. The Balaban J connectivity index is 3.40. The van der Waals surface area contributed by atoms with Gasteiger partial charge in [0, 0.05) is 10.7 Å². The van der Waals surface area contributed by atoms with Crippen LogP contribution in [0.3, 0.4) is 0 Å². The summed E-state index contributed by atoms with van der Waals surface area (Å²) >= 11 is 0. The van der Waals surface area contributed by atoms with Gasteiger partial charge in [-0.15, -0.1) is 13.2 Å². The van der Waals surface area contributed by atoms with Crippen molar-refractivity contribution in [2.24, 2.45) is 0 Å². The molecule has 0 aromatic carbocycles. The molecule has 96 valence electrons. The molecule has 17 heavy (non-hydrogen) atoms. The first-order chi connectivity index (χ1) is 7.52. The molecule has 0 unspecified atom stereocenters. The van der Waals surface area contributed by atoms with Gasteiger partial charge in [0.1, 0.15) is 0 Å². The molecule has 1 aromatic heterocycles. The summed E-state index contributed by atoms with van der Waals surface area (Å²) in [5.41, 5.74) is 0. The number of nitrogens with zero attached hydrogens (tertiary/aromatic N) is 1. The van der Waals surface area contributed by atoms with Crippen LogP contribution in [0.1, 0.15) is 0 Å². The molecule has 1 aromatic rings. The van der Waals surface area contributed by atoms with Gasteiger partial charge in [-0.3, -0.25) is 0 Å². The van der Waals surface area contributed by atoms with Crippen LogP contribution in [0, 0.1) is 5.82 Å². The number of rotatable bonds is 2. The molecule has 11 heteroatoms. The summed E-state index contributed by atoms with van der Waals surface area (Å²) in [6.07, 6.45) is -5.11. The second-order valence-electron chi connectivity index (χ2n) is 2.57. The van der Waals surface area contributed by atoms with Crippen LogP contribution in [-0.4, -0.2) is 24.9 Å². The molecule has 1 heterocycles. The van der Waals surface area contributed by atoms with E-state index in [1.54, 1.807) is 0 Å². The van der Waals surface area contributed by atoms with Crippen molar-refractivity contribution in [3.63, 3.8) is 0 Å². The van der Waals surface area contributed by atoms with Gasteiger partial charge in [0.05, 0.1) is 6.20 Å². The largest absolute Gasteiger partial charge is 0.574 e. The van der Waals surface area contributed by atoms with Crippen molar-refractivity contribution in [3.8, 4) is 11.6 Å². The van der Waals surface area contributed by atoms with Crippen molar-refractivity contribution in [3.05, 3.63) is 12.0 Å². The minimum Gasteiger partial charge on any atom is -0.502 e. The maximum atomic E-state index is 12.9. The van der Waals surface area contributed by atoms with Gasteiger partial charge in [-0.2, -0.15) is 0 Å². The third kappa shape index (κ3) is 3.33. The number of hydrogen-bond acceptors (Lipinski definition) is 5. The van der Waals surface area contributed by atoms with Crippen molar-refractivity contribution < 1.29 is 35.8 Å². The third-order valence-electron chi connectivity index (χ3n) is 1.39. The summed E-state index contributed by atoms with van der Waals surface area (Å²) in [4.78, 5) is 1.21. The SMILES string of the molecule is O=S(=O)(Cl)c1c(F)cnc(OC(F)(F)F)c1O. The van der Waals surface area contributed by atoms with Crippen LogP contribution in [0.4, 0.5) is 17.6 Å². The molecule has 0 bridgehead atoms. The first kappa shape index (κ1) is 13.8. The number of hydrogen-bond donors (Lipinski definition) is 1. The van der Waals surface area contributed by atoms with E-state index in [0.29, 0.717) is 0 Å².